The molecular formula is C12H23NO2. The van der Waals surface area contributed by atoms with Crippen LogP contribution in [0.4, 0.5) is 0 Å². The lowest BCUT2D eigenvalue weighted by atomic mass is 9.71. The van der Waals surface area contributed by atoms with E-state index in [0.717, 1.165) is 19.3 Å². The maximum absolute atomic E-state index is 11.4. The number of carbonyl (C=O) groups is 1. The van der Waals surface area contributed by atoms with Crippen molar-refractivity contribution >= 4 is 5.97 Å². The molecule has 0 heterocycles. The molecule has 15 heavy (non-hydrogen) atoms. The molecule has 0 aromatic rings. The van der Waals surface area contributed by atoms with Gasteiger partial charge in [0.2, 0.25) is 0 Å². The second kappa shape index (κ2) is 4.52. The molecule has 0 radical (unpaired) electrons. The molecule has 0 saturated heterocycles. The van der Waals surface area contributed by atoms with Crippen LogP contribution in [0.1, 0.15) is 47.0 Å². The fourth-order valence-electron chi connectivity index (χ4n) is 3.03. The minimum atomic E-state index is -0.689. The van der Waals surface area contributed by atoms with Crippen molar-refractivity contribution < 1.29 is 9.90 Å². The summed E-state index contributed by atoms with van der Waals surface area (Å²) in [4.78, 5) is 11.4. The Morgan fingerprint density at radius 3 is 2.13 bits per heavy atom. The van der Waals surface area contributed by atoms with Crippen LogP contribution in [-0.4, -0.2) is 22.7 Å². The van der Waals surface area contributed by atoms with Gasteiger partial charge in [-0.1, -0.05) is 13.8 Å². The van der Waals surface area contributed by atoms with Gasteiger partial charge in [0.15, 0.2) is 0 Å². The Bertz CT molecular complexity index is 222. The summed E-state index contributed by atoms with van der Waals surface area (Å²) in [6.07, 6.45) is 2.66. The van der Waals surface area contributed by atoms with E-state index in [1.807, 2.05) is 13.8 Å². The van der Waals surface area contributed by atoms with Crippen molar-refractivity contribution in [1.82, 2.24) is 5.32 Å². The summed E-state index contributed by atoms with van der Waals surface area (Å²) in [5, 5.41) is 12.7. The van der Waals surface area contributed by atoms with Crippen molar-refractivity contribution in [1.29, 1.82) is 0 Å². The van der Waals surface area contributed by atoms with Crippen molar-refractivity contribution in [3.8, 4) is 0 Å². The van der Waals surface area contributed by atoms with Crippen LogP contribution in [0.2, 0.25) is 0 Å². The van der Waals surface area contributed by atoms with E-state index in [9.17, 15) is 9.90 Å². The first-order valence-electron chi connectivity index (χ1n) is 5.87. The highest BCUT2D eigenvalue weighted by molar-refractivity contribution is 5.79. The zero-order valence-corrected chi connectivity index (χ0v) is 10.2. The van der Waals surface area contributed by atoms with Crippen LogP contribution in [-0.2, 0) is 4.79 Å². The fourth-order valence-corrected chi connectivity index (χ4v) is 3.03. The summed E-state index contributed by atoms with van der Waals surface area (Å²) in [6.45, 7) is 8.31. The topological polar surface area (TPSA) is 49.3 Å². The van der Waals surface area contributed by atoms with Gasteiger partial charge in [-0.25, -0.2) is 0 Å². The van der Waals surface area contributed by atoms with Gasteiger partial charge in [0.05, 0.1) is 0 Å². The van der Waals surface area contributed by atoms with Crippen molar-refractivity contribution in [3.05, 3.63) is 0 Å². The molecule has 1 fully saturated rings. The highest BCUT2D eigenvalue weighted by atomic mass is 16.4. The Morgan fingerprint density at radius 1 is 1.33 bits per heavy atom. The smallest absolute Gasteiger partial charge is 0.323 e. The van der Waals surface area contributed by atoms with Crippen LogP contribution in [0, 0.1) is 11.8 Å². The summed E-state index contributed by atoms with van der Waals surface area (Å²) >= 11 is 0. The van der Waals surface area contributed by atoms with E-state index in [2.05, 4.69) is 19.2 Å². The normalized spacial score (nSPS) is 36.9. The minimum absolute atomic E-state index is 0.221. The summed E-state index contributed by atoms with van der Waals surface area (Å²) in [5.74, 6) is 0.307. The zero-order valence-electron chi connectivity index (χ0n) is 10.2. The van der Waals surface area contributed by atoms with Gasteiger partial charge in [-0.15, -0.1) is 0 Å². The SMILES string of the molecule is CC1CC(C)CC(NC(C)C)(C(=O)O)C1. The van der Waals surface area contributed by atoms with Crippen molar-refractivity contribution in [2.45, 2.75) is 58.5 Å². The fraction of sp³-hybridized carbons (Fsp3) is 0.917. The highest BCUT2D eigenvalue weighted by Gasteiger charge is 2.44. The molecular weight excluding hydrogens is 190 g/mol. The van der Waals surface area contributed by atoms with E-state index in [1.54, 1.807) is 0 Å². The van der Waals surface area contributed by atoms with E-state index >= 15 is 0 Å². The van der Waals surface area contributed by atoms with Crippen molar-refractivity contribution in [2.24, 2.45) is 11.8 Å². The second-order valence-corrected chi connectivity index (χ2v) is 5.54. The third kappa shape index (κ3) is 2.94. The Balaban J connectivity index is 2.84. The quantitative estimate of drug-likeness (QED) is 0.756. The lowest BCUT2D eigenvalue weighted by molar-refractivity contribution is -0.148. The summed E-state index contributed by atoms with van der Waals surface area (Å²) in [5.41, 5.74) is -0.689. The predicted octanol–water partition coefficient (Wildman–Crippen LogP) is 2.26. The Morgan fingerprint density at radius 2 is 1.80 bits per heavy atom. The van der Waals surface area contributed by atoms with Crippen LogP contribution in [0.25, 0.3) is 0 Å². The Kier molecular flexibility index (Phi) is 3.77. The van der Waals surface area contributed by atoms with Crippen LogP contribution in [0.15, 0.2) is 0 Å². The van der Waals surface area contributed by atoms with E-state index in [-0.39, 0.29) is 6.04 Å². The predicted molar refractivity (Wildman–Crippen MR) is 60.8 cm³/mol. The molecule has 1 aliphatic carbocycles. The molecule has 2 unspecified atom stereocenters. The van der Waals surface area contributed by atoms with E-state index in [1.165, 1.54) is 0 Å². The van der Waals surface area contributed by atoms with Crippen molar-refractivity contribution in [3.63, 3.8) is 0 Å². The molecule has 1 rings (SSSR count). The Hall–Kier alpha value is -0.570. The average Bonchev–Trinajstić information content (AvgIpc) is 1.99. The minimum Gasteiger partial charge on any atom is -0.480 e. The van der Waals surface area contributed by atoms with Gasteiger partial charge in [0, 0.05) is 6.04 Å². The van der Waals surface area contributed by atoms with Gasteiger partial charge in [-0.2, -0.15) is 0 Å². The number of hydrogen-bond donors (Lipinski definition) is 2. The number of carboxylic acid groups (broad SMARTS) is 1. The number of hydrogen-bond acceptors (Lipinski definition) is 2. The van der Waals surface area contributed by atoms with Gasteiger partial charge in [-0.3, -0.25) is 10.1 Å². The number of carboxylic acids is 1. The molecule has 2 N–H and O–H groups in total. The average molecular weight is 213 g/mol. The highest BCUT2D eigenvalue weighted by Crippen LogP contribution is 2.36. The maximum Gasteiger partial charge on any atom is 0.323 e. The molecule has 0 aliphatic heterocycles. The lowest BCUT2D eigenvalue weighted by Crippen LogP contribution is -2.58. The first kappa shape index (κ1) is 12.5. The molecule has 0 aromatic heterocycles. The number of aliphatic carboxylic acids is 1. The van der Waals surface area contributed by atoms with Crippen LogP contribution < -0.4 is 5.32 Å². The molecule has 0 amide bonds. The molecule has 1 aliphatic rings. The van der Waals surface area contributed by atoms with Gasteiger partial charge >= 0.3 is 5.97 Å². The molecule has 0 aromatic carbocycles. The van der Waals surface area contributed by atoms with Gasteiger partial charge in [-0.05, 0) is 44.9 Å². The molecule has 3 heteroatoms. The monoisotopic (exact) mass is 213 g/mol. The third-order valence-corrected chi connectivity index (χ3v) is 3.17. The van der Waals surface area contributed by atoms with Crippen LogP contribution in [0.5, 0.6) is 0 Å². The molecule has 3 nitrogen and oxygen atoms in total. The van der Waals surface area contributed by atoms with E-state index in [4.69, 9.17) is 0 Å². The standard InChI is InChI=1S/C12H23NO2/c1-8(2)13-12(11(14)15)6-9(3)5-10(4)7-12/h8-10,13H,5-7H2,1-4H3,(H,14,15). The van der Waals surface area contributed by atoms with Gasteiger partial charge < -0.3 is 5.11 Å². The first-order valence-corrected chi connectivity index (χ1v) is 5.87. The molecule has 1 saturated carbocycles. The summed E-state index contributed by atoms with van der Waals surface area (Å²) < 4.78 is 0. The molecule has 0 spiro atoms. The molecule has 88 valence electrons. The van der Waals surface area contributed by atoms with Gasteiger partial charge in [0.1, 0.15) is 5.54 Å². The summed E-state index contributed by atoms with van der Waals surface area (Å²) in [6, 6.07) is 0.221. The first-order chi connectivity index (χ1) is 6.85. The van der Waals surface area contributed by atoms with E-state index < -0.39 is 11.5 Å². The number of nitrogens with one attached hydrogen (secondary N) is 1. The van der Waals surface area contributed by atoms with Crippen molar-refractivity contribution in [2.75, 3.05) is 0 Å². The largest absolute Gasteiger partial charge is 0.480 e. The maximum atomic E-state index is 11.4. The van der Waals surface area contributed by atoms with Gasteiger partial charge in [0.25, 0.3) is 0 Å². The van der Waals surface area contributed by atoms with Crippen LogP contribution >= 0.6 is 0 Å². The molecule has 2 atom stereocenters. The lowest BCUT2D eigenvalue weighted by Gasteiger charge is -2.41. The number of rotatable bonds is 3. The van der Waals surface area contributed by atoms with E-state index in [0.29, 0.717) is 11.8 Å². The second-order valence-electron chi connectivity index (χ2n) is 5.54. The summed E-state index contributed by atoms with van der Waals surface area (Å²) in [7, 11) is 0. The third-order valence-electron chi connectivity index (χ3n) is 3.17. The van der Waals surface area contributed by atoms with Crippen LogP contribution in [0.3, 0.4) is 0 Å². The zero-order chi connectivity index (χ0) is 11.6. The molecule has 0 bridgehead atoms. The Labute approximate surface area is 92.3 Å².